The Morgan fingerprint density at radius 3 is 2.74 bits per heavy atom. The van der Waals surface area contributed by atoms with Gasteiger partial charge in [0.25, 0.3) is 0 Å². The number of fused-ring (bicyclic) bond motifs is 2. The highest BCUT2D eigenvalue weighted by Gasteiger charge is 2.43. The molecule has 1 aliphatic rings. The van der Waals surface area contributed by atoms with Gasteiger partial charge in [-0.05, 0) is 36.1 Å². The van der Waals surface area contributed by atoms with Crippen LogP contribution in [0.3, 0.4) is 0 Å². The van der Waals surface area contributed by atoms with E-state index in [9.17, 15) is 4.79 Å². The van der Waals surface area contributed by atoms with Gasteiger partial charge in [0.1, 0.15) is 17.6 Å². The first kappa shape index (κ1) is 20.8. The molecule has 2 heterocycles. The van der Waals surface area contributed by atoms with Gasteiger partial charge in [-0.15, -0.1) is 0 Å². The summed E-state index contributed by atoms with van der Waals surface area (Å²) < 4.78 is 1.74. The van der Waals surface area contributed by atoms with Gasteiger partial charge in [-0.1, -0.05) is 50.2 Å². The van der Waals surface area contributed by atoms with Gasteiger partial charge in [0.15, 0.2) is 12.0 Å². The zero-order valence-corrected chi connectivity index (χ0v) is 18.0. The lowest BCUT2D eigenvalue weighted by atomic mass is 9.99. The minimum Gasteiger partial charge on any atom is -0.370 e. The van der Waals surface area contributed by atoms with Gasteiger partial charge in [-0.3, -0.25) is 10.3 Å². The van der Waals surface area contributed by atoms with Crippen molar-refractivity contribution in [3.8, 4) is 11.3 Å². The molecular weight excluding hydrogens is 388 g/mol. The second kappa shape index (κ2) is 8.71. The van der Waals surface area contributed by atoms with E-state index in [4.69, 9.17) is 16.5 Å². The number of benzene rings is 2. The lowest BCUT2D eigenvalue weighted by molar-refractivity contribution is -0.553. The summed E-state index contributed by atoms with van der Waals surface area (Å²) in [5.41, 5.74) is 13.5. The number of rotatable bonds is 7. The third kappa shape index (κ3) is 4.21. The summed E-state index contributed by atoms with van der Waals surface area (Å²) in [6.07, 6.45) is 4.18. The molecule has 31 heavy (non-hydrogen) atoms. The molecule has 7 heteroatoms. The molecule has 0 saturated carbocycles. The van der Waals surface area contributed by atoms with Crippen LogP contribution in [0, 0.1) is 5.92 Å². The van der Waals surface area contributed by atoms with E-state index in [-0.39, 0.29) is 23.8 Å². The van der Waals surface area contributed by atoms with Crippen LogP contribution in [-0.4, -0.2) is 29.4 Å². The molecule has 2 atom stereocenters. The Morgan fingerprint density at radius 1 is 1.23 bits per heavy atom. The van der Waals surface area contributed by atoms with Crippen molar-refractivity contribution in [1.29, 1.82) is 0 Å². The van der Waals surface area contributed by atoms with Crippen molar-refractivity contribution in [3.05, 3.63) is 54.4 Å². The highest BCUT2D eigenvalue weighted by Crippen LogP contribution is 2.27. The second-order valence-electron chi connectivity index (χ2n) is 8.11. The number of hydrogen-bond donors (Lipinski definition) is 3. The monoisotopic (exact) mass is 417 g/mol. The minimum absolute atomic E-state index is 0.0688. The summed E-state index contributed by atoms with van der Waals surface area (Å²) in [7, 11) is 0. The summed E-state index contributed by atoms with van der Waals surface area (Å²) in [6, 6.07) is 14.2. The standard InChI is InChI=1S/C24H28N6O/c1-3-15(2)21-23(31)30-14-20(18-11-10-16-7-4-5-8-17(16)13-18)28-19(22(30)29-21)9-6-12-27-24(25)26/h4-5,7-8,10-11,13-15,21H,3,6,9,12H2,1-2H3,(H4,25,26,27)/p+1. The second-order valence-corrected chi connectivity index (χ2v) is 8.11. The molecule has 0 bridgehead atoms. The Balaban J connectivity index is 1.74. The van der Waals surface area contributed by atoms with Crippen molar-refractivity contribution in [2.45, 2.75) is 39.2 Å². The van der Waals surface area contributed by atoms with Gasteiger partial charge in [0.2, 0.25) is 0 Å². The minimum atomic E-state index is -0.241. The van der Waals surface area contributed by atoms with Crippen LogP contribution in [0.5, 0.6) is 0 Å². The molecule has 0 aliphatic carbocycles. The number of aliphatic imine (C=N–C) groups is 1. The highest BCUT2D eigenvalue weighted by molar-refractivity contribution is 5.87. The van der Waals surface area contributed by atoms with Crippen LogP contribution < -0.4 is 21.4 Å². The van der Waals surface area contributed by atoms with Crippen LogP contribution in [0.1, 0.15) is 37.2 Å². The van der Waals surface area contributed by atoms with Gasteiger partial charge >= 0.3 is 11.7 Å². The van der Waals surface area contributed by atoms with Crippen LogP contribution in [0.4, 0.5) is 5.82 Å². The van der Waals surface area contributed by atoms with E-state index in [0.29, 0.717) is 13.0 Å². The van der Waals surface area contributed by atoms with E-state index in [2.05, 4.69) is 54.5 Å². The van der Waals surface area contributed by atoms with Crippen molar-refractivity contribution in [1.82, 2.24) is 4.98 Å². The molecular formula is C24H29N6O+. The van der Waals surface area contributed by atoms with E-state index < -0.39 is 0 Å². The quantitative estimate of drug-likeness (QED) is 0.237. The van der Waals surface area contributed by atoms with Crippen molar-refractivity contribution < 1.29 is 9.36 Å². The van der Waals surface area contributed by atoms with Crippen LogP contribution in [-0.2, 0) is 6.42 Å². The first-order chi connectivity index (χ1) is 15.0. The number of aromatic nitrogens is 2. The van der Waals surface area contributed by atoms with Crippen LogP contribution in [0.2, 0.25) is 0 Å². The number of anilines is 1. The molecule has 160 valence electrons. The van der Waals surface area contributed by atoms with Crippen LogP contribution in [0.15, 0.2) is 53.7 Å². The third-order valence-electron chi connectivity index (χ3n) is 5.94. The first-order valence-corrected chi connectivity index (χ1v) is 10.8. The van der Waals surface area contributed by atoms with E-state index >= 15 is 0 Å². The Morgan fingerprint density at radius 2 is 2.00 bits per heavy atom. The smallest absolute Gasteiger partial charge is 0.359 e. The normalized spacial score (nSPS) is 16.1. The predicted octanol–water partition coefficient (Wildman–Crippen LogP) is 2.88. The maximum Gasteiger partial charge on any atom is 0.359 e. The molecule has 1 aromatic heterocycles. The number of aryl methyl sites for hydroxylation is 1. The van der Waals surface area contributed by atoms with Gasteiger partial charge in [0.05, 0.1) is 0 Å². The molecule has 0 saturated heterocycles. The van der Waals surface area contributed by atoms with Gasteiger partial charge in [0, 0.05) is 18.0 Å². The number of guanidine groups is 1. The molecule has 0 radical (unpaired) electrons. The maximum absolute atomic E-state index is 13.2. The van der Waals surface area contributed by atoms with Gasteiger partial charge in [-0.25, -0.2) is 9.78 Å². The van der Waals surface area contributed by atoms with Crippen LogP contribution in [0.25, 0.3) is 22.0 Å². The van der Waals surface area contributed by atoms with E-state index in [1.807, 2.05) is 18.3 Å². The summed E-state index contributed by atoms with van der Waals surface area (Å²) in [4.78, 5) is 22.2. The van der Waals surface area contributed by atoms with E-state index in [1.165, 1.54) is 5.39 Å². The number of nitrogens with zero attached hydrogens (tertiary/aromatic N) is 3. The Hall–Kier alpha value is -3.48. The average molecular weight is 418 g/mol. The Bertz CT molecular complexity index is 1150. The zero-order chi connectivity index (χ0) is 22.0. The predicted molar refractivity (Wildman–Crippen MR) is 124 cm³/mol. The van der Waals surface area contributed by atoms with Crippen molar-refractivity contribution >= 4 is 28.5 Å². The zero-order valence-electron chi connectivity index (χ0n) is 18.0. The van der Waals surface area contributed by atoms with Crippen molar-refractivity contribution in [2.75, 3.05) is 11.9 Å². The van der Waals surface area contributed by atoms with Crippen LogP contribution >= 0.6 is 0 Å². The Labute approximate surface area is 182 Å². The van der Waals surface area contributed by atoms with E-state index in [1.54, 1.807) is 4.57 Å². The molecule has 1 aliphatic heterocycles. The molecule has 4 rings (SSSR count). The number of nitrogens with two attached hydrogens (primary N) is 2. The number of carbonyl (C=O) groups is 1. The number of hydrogen-bond acceptors (Lipinski definition) is 4. The molecule has 2 unspecified atom stereocenters. The SMILES string of the molecule is CCC(C)C1Nc2c(CCCN=C(N)N)nc(-c3ccc4ccccc4c3)c[n+]2C1=O. The lowest BCUT2D eigenvalue weighted by Gasteiger charge is -2.09. The summed E-state index contributed by atoms with van der Waals surface area (Å²) in [5, 5.41) is 5.74. The van der Waals surface area contributed by atoms with Gasteiger partial charge in [-0.2, -0.15) is 4.57 Å². The fourth-order valence-electron chi connectivity index (χ4n) is 3.98. The largest absolute Gasteiger partial charge is 0.370 e. The Kier molecular flexibility index (Phi) is 5.84. The molecule has 2 aromatic carbocycles. The molecule has 3 aromatic rings. The summed E-state index contributed by atoms with van der Waals surface area (Å²) in [6.45, 7) is 4.71. The fraction of sp³-hybridized carbons (Fsp3) is 0.333. The first-order valence-electron chi connectivity index (χ1n) is 10.8. The number of carbonyl (C=O) groups excluding carboxylic acids is 1. The number of nitrogens with one attached hydrogen (secondary N) is 1. The lowest BCUT2D eigenvalue weighted by Crippen LogP contribution is -2.45. The molecule has 7 nitrogen and oxygen atoms in total. The van der Waals surface area contributed by atoms with Crippen molar-refractivity contribution in [2.24, 2.45) is 22.4 Å². The van der Waals surface area contributed by atoms with E-state index in [0.717, 1.165) is 41.0 Å². The summed E-state index contributed by atoms with van der Waals surface area (Å²) in [5.74, 6) is 1.16. The molecule has 0 amide bonds. The molecule has 0 spiro atoms. The fourth-order valence-corrected chi connectivity index (χ4v) is 3.98. The molecule has 0 fully saturated rings. The molecule has 5 N–H and O–H groups in total. The topological polar surface area (TPSA) is 110 Å². The third-order valence-corrected chi connectivity index (χ3v) is 5.94. The maximum atomic E-state index is 13.2. The van der Waals surface area contributed by atoms with Gasteiger partial charge < -0.3 is 11.5 Å². The highest BCUT2D eigenvalue weighted by atomic mass is 16.2. The average Bonchev–Trinajstić information content (AvgIpc) is 3.12. The van der Waals surface area contributed by atoms with Crippen molar-refractivity contribution in [3.63, 3.8) is 0 Å². The summed E-state index contributed by atoms with van der Waals surface area (Å²) >= 11 is 0.